The lowest BCUT2D eigenvalue weighted by atomic mass is 10.1. The van der Waals surface area contributed by atoms with Gasteiger partial charge in [0.15, 0.2) is 0 Å². The van der Waals surface area contributed by atoms with Crippen molar-refractivity contribution < 1.29 is 14.6 Å². The maximum absolute atomic E-state index is 12.6. The van der Waals surface area contributed by atoms with E-state index < -0.39 is 0 Å². The Labute approximate surface area is 188 Å². The van der Waals surface area contributed by atoms with Crippen molar-refractivity contribution in [1.82, 2.24) is 15.2 Å². The Morgan fingerprint density at radius 2 is 1.81 bits per heavy atom. The normalized spacial score (nSPS) is 14.8. The SMILES string of the molecule is O=C(NCc1ccc(CN2CCC(O)CC2)cc1)c1cccc(OCc2cccnc2)c1. The van der Waals surface area contributed by atoms with Crippen molar-refractivity contribution in [2.45, 2.75) is 38.6 Å². The highest BCUT2D eigenvalue weighted by Gasteiger charge is 2.16. The van der Waals surface area contributed by atoms with Gasteiger partial charge in [0.25, 0.3) is 5.91 Å². The first kappa shape index (κ1) is 22.0. The Balaban J connectivity index is 1.26. The van der Waals surface area contributed by atoms with Gasteiger partial charge in [-0.1, -0.05) is 36.4 Å². The molecule has 1 aliphatic heterocycles. The molecular formula is C26H29N3O3. The number of carbonyl (C=O) groups is 1. The van der Waals surface area contributed by atoms with Gasteiger partial charge in [0.05, 0.1) is 6.10 Å². The molecule has 0 aliphatic carbocycles. The van der Waals surface area contributed by atoms with Crippen LogP contribution >= 0.6 is 0 Å². The number of aliphatic hydroxyl groups is 1. The third kappa shape index (κ3) is 6.39. The first-order valence-corrected chi connectivity index (χ1v) is 11.0. The predicted molar refractivity (Wildman–Crippen MR) is 123 cm³/mol. The zero-order valence-corrected chi connectivity index (χ0v) is 18.1. The minimum atomic E-state index is -0.148. The van der Waals surface area contributed by atoms with E-state index in [0.717, 1.165) is 43.6 Å². The highest BCUT2D eigenvalue weighted by Crippen LogP contribution is 2.16. The Morgan fingerprint density at radius 1 is 1.03 bits per heavy atom. The number of aliphatic hydroxyl groups excluding tert-OH is 1. The summed E-state index contributed by atoms with van der Waals surface area (Å²) in [4.78, 5) is 19.0. The highest BCUT2D eigenvalue weighted by molar-refractivity contribution is 5.94. The fraction of sp³-hybridized carbons (Fsp3) is 0.308. The summed E-state index contributed by atoms with van der Waals surface area (Å²) in [6.45, 7) is 3.64. The summed E-state index contributed by atoms with van der Waals surface area (Å²) in [5, 5.41) is 12.6. The summed E-state index contributed by atoms with van der Waals surface area (Å²) >= 11 is 0. The maximum Gasteiger partial charge on any atom is 0.251 e. The quantitative estimate of drug-likeness (QED) is 0.571. The molecule has 0 spiro atoms. The standard InChI is InChI=1S/C26H29N3O3/c30-24-10-13-29(14-11-24)18-21-8-6-20(7-9-21)17-28-26(31)23-4-1-5-25(15-23)32-19-22-3-2-12-27-16-22/h1-9,12,15-16,24,30H,10-11,13-14,17-19H2,(H,28,31). The largest absolute Gasteiger partial charge is 0.489 e. The van der Waals surface area contributed by atoms with Crippen LogP contribution in [-0.2, 0) is 19.7 Å². The molecule has 0 atom stereocenters. The van der Waals surface area contributed by atoms with E-state index in [9.17, 15) is 9.90 Å². The van der Waals surface area contributed by atoms with Gasteiger partial charge in [-0.3, -0.25) is 14.7 Å². The smallest absolute Gasteiger partial charge is 0.251 e. The van der Waals surface area contributed by atoms with E-state index in [0.29, 0.717) is 24.5 Å². The molecule has 2 N–H and O–H groups in total. The maximum atomic E-state index is 12.6. The molecule has 6 nitrogen and oxygen atoms in total. The van der Waals surface area contributed by atoms with Crippen LogP contribution in [0.3, 0.4) is 0 Å². The second-order valence-electron chi connectivity index (χ2n) is 8.18. The molecule has 1 aliphatic rings. The molecule has 32 heavy (non-hydrogen) atoms. The number of hydrogen-bond acceptors (Lipinski definition) is 5. The molecule has 0 unspecified atom stereocenters. The highest BCUT2D eigenvalue weighted by atomic mass is 16.5. The topological polar surface area (TPSA) is 74.7 Å². The molecule has 3 aromatic rings. The summed E-state index contributed by atoms with van der Waals surface area (Å²) in [6.07, 6.45) is 5.03. The van der Waals surface area contributed by atoms with Crippen molar-refractivity contribution in [3.05, 3.63) is 95.3 Å². The van der Waals surface area contributed by atoms with Gasteiger partial charge in [-0.15, -0.1) is 0 Å². The summed E-state index contributed by atoms with van der Waals surface area (Å²) in [5.41, 5.74) is 3.84. The lowest BCUT2D eigenvalue weighted by molar-refractivity contribution is 0.0792. The molecule has 166 valence electrons. The van der Waals surface area contributed by atoms with Gasteiger partial charge in [0.1, 0.15) is 12.4 Å². The van der Waals surface area contributed by atoms with Gasteiger partial charge < -0.3 is 15.2 Å². The zero-order valence-electron chi connectivity index (χ0n) is 18.1. The summed E-state index contributed by atoms with van der Waals surface area (Å²) < 4.78 is 5.79. The van der Waals surface area contributed by atoms with Crippen LogP contribution < -0.4 is 10.1 Å². The van der Waals surface area contributed by atoms with E-state index in [4.69, 9.17) is 4.74 Å². The molecule has 2 aromatic carbocycles. The molecule has 4 rings (SSSR count). The summed E-state index contributed by atoms with van der Waals surface area (Å²) in [5.74, 6) is 0.517. The first-order chi connectivity index (χ1) is 15.7. The minimum absolute atomic E-state index is 0.132. The van der Waals surface area contributed by atoms with Crippen molar-refractivity contribution in [3.8, 4) is 5.75 Å². The van der Waals surface area contributed by atoms with Gasteiger partial charge in [0.2, 0.25) is 0 Å². The van der Waals surface area contributed by atoms with Crippen LogP contribution in [0.15, 0.2) is 73.1 Å². The molecule has 1 fully saturated rings. The number of benzene rings is 2. The second-order valence-corrected chi connectivity index (χ2v) is 8.18. The second kappa shape index (κ2) is 10.9. The van der Waals surface area contributed by atoms with Crippen LogP contribution in [0.5, 0.6) is 5.75 Å². The minimum Gasteiger partial charge on any atom is -0.489 e. The molecule has 2 heterocycles. The van der Waals surface area contributed by atoms with Gasteiger partial charge in [0, 0.05) is 49.7 Å². The number of carbonyl (C=O) groups excluding carboxylic acids is 1. The number of nitrogens with zero attached hydrogens (tertiary/aromatic N) is 2. The van der Waals surface area contributed by atoms with E-state index in [-0.39, 0.29) is 12.0 Å². The lowest BCUT2D eigenvalue weighted by Crippen LogP contribution is -2.35. The average Bonchev–Trinajstić information content (AvgIpc) is 2.84. The van der Waals surface area contributed by atoms with E-state index in [1.54, 1.807) is 24.5 Å². The number of likely N-dealkylation sites (tertiary alicyclic amines) is 1. The molecule has 1 aromatic heterocycles. The number of rotatable bonds is 8. The average molecular weight is 432 g/mol. The van der Waals surface area contributed by atoms with Gasteiger partial charge in [-0.05, 0) is 48.2 Å². The molecule has 0 radical (unpaired) electrons. The van der Waals surface area contributed by atoms with Crippen molar-refractivity contribution in [1.29, 1.82) is 0 Å². The van der Waals surface area contributed by atoms with E-state index in [2.05, 4.69) is 39.5 Å². The van der Waals surface area contributed by atoms with Crippen LogP contribution in [0.4, 0.5) is 0 Å². The number of ether oxygens (including phenoxy) is 1. The van der Waals surface area contributed by atoms with Crippen LogP contribution in [-0.4, -0.2) is 40.1 Å². The van der Waals surface area contributed by atoms with E-state index in [1.165, 1.54) is 5.56 Å². The van der Waals surface area contributed by atoms with Crippen LogP contribution in [0.2, 0.25) is 0 Å². The monoisotopic (exact) mass is 431 g/mol. The Hall–Kier alpha value is -3.22. The Morgan fingerprint density at radius 3 is 2.56 bits per heavy atom. The third-order valence-corrected chi connectivity index (χ3v) is 5.66. The van der Waals surface area contributed by atoms with Gasteiger partial charge in [-0.2, -0.15) is 0 Å². The van der Waals surface area contributed by atoms with Gasteiger partial charge >= 0.3 is 0 Å². The molecule has 0 bridgehead atoms. The number of piperidine rings is 1. The fourth-order valence-corrected chi connectivity index (χ4v) is 3.76. The Bertz CT molecular complexity index is 1000. The molecular weight excluding hydrogens is 402 g/mol. The van der Waals surface area contributed by atoms with Crippen molar-refractivity contribution >= 4 is 5.91 Å². The fourth-order valence-electron chi connectivity index (χ4n) is 3.76. The number of amides is 1. The van der Waals surface area contributed by atoms with Crippen LogP contribution in [0.1, 0.15) is 39.9 Å². The van der Waals surface area contributed by atoms with Gasteiger partial charge in [-0.25, -0.2) is 0 Å². The number of aromatic nitrogens is 1. The molecule has 6 heteroatoms. The van der Waals surface area contributed by atoms with E-state index >= 15 is 0 Å². The van der Waals surface area contributed by atoms with Crippen molar-refractivity contribution in [2.75, 3.05) is 13.1 Å². The van der Waals surface area contributed by atoms with Crippen LogP contribution in [0, 0.1) is 0 Å². The number of hydrogen-bond donors (Lipinski definition) is 2. The Kier molecular flexibility index (Phi) is 7.48. The van der Waals surface area contributed by atoms with Crippen LogP contribution in [0.25, 0.3) is 0 Å². The summed E-state index contributed by atoms with van der Waals surface area (Å²) in [7, 11) is 0. The molecule has 1 amide bonds. The van der Waals surface area contributed by atoms with E-state index in [1.807, 2.05) is 24.3 Å². The predicted octanol–water partition coefficient (Wildman–Crippen LogP) is 3.55. The third-order valence-electron chi connectivity index (χ3n) is 5.66. The molecule has 1 saturated heterocycles. The van der Waals surface area contributed by atoms with Crippen molar-refractivity contribution in [3.63, 3.8) is 0 Å². The zero-order chi connectivity index (χ0) is 22.2. The number of pyridine rings is 1. The van der Waals surface area contributed by atoms with Crippen molar-refractivity contribution in [2.24, 2.45) is 0 Å². The molecule has 0 saturated carbocycles. The summed E-state index contributed by atoms with van der Waals surface area (Å²) in [6, 6.07) is 19.4. The first-order valence-electron chi connectivity index (χ1n) is 11.0. The lowest BCUT2D eigenvalue weighted by Gasteiger charge is -2.29. The number of nitrogens with one attached hydrogen (secondary N) is 1.